The van der Waals surface area contributed by atoms with Crippen LogP contribution in [0, 0.1) is 13.8 Å². The Hall–Kier alpha value is -3.45. The largest absolute Gasteiger partial charge is 0.491 e. The molecule has 7 heteroatoms. The van der Waals surface area contributed by atoms with Gasteiger partial charge in [0.2, 0.25) is 0 Å². The minimum Gasteiger partial charge on any atom is -0.491 e. The molecule has 0 aliphatic heterocycles. The van der Waals surface area contributed by atoms with Crippen molar-refractivity contribution in [2.45, 2.75) is 26.5 Å². The number of aliphatic hydroxyl groups is 1. The first kappa shape index (κ1) is 18.9. The van der Waals surface area contributed by atoms with Crippen LogP contribution >= 0.6 is 0 Å². The van der Waals surface area contributed by atoms with E-state index in [9.17, 15) is 9.90 Å². The Kier molecular flexibility index (Phi) is 5.14. The Bertz CT molecular complexity index is 1200. The van der Waals surface area contributed by atoms with E-state index in [0.29, 0.717) is 16.7 Å². The van der Waals surface area contributed by atoms with E-state index in [1.807, 2.05) is 62.4 Å². The van der Waals surface area contributed by atoms with Crippen LogP contribution in [0.15, 0.2) is 65.7 Å². The standard InChI is InChI=1S/C22H22N4O3/c1-15-8-9-20(16(2)10-15)29-14-19(27)13-26-22(28)21-17(11-23-26)12-25(24-21)18-6-4-3-5-7-18/h3-12,19,27H,13-14H2,1-2H3. The number of hydrogen-bond acceptors (Lipinski definition) is 5. The summed E-state index contributed by atoms with van der Waals surface area (Å²) in [7, 11) is 0. The normalized spacial score (nSPS) is 12.2. The van der Waals surface area contributed by atoms with E-state index < -0.39 is 6.10 Å². The molecule has 0 radical (unpaired) electrons. The molecule has 1 N–H and O–H groups in total. The van der Waals surface area contributed by atoms with Gasteiger partial charge in [0.15, 0.2) is 5.52 Å². The van der Waals surface area contributed by atoms with Crippen molar-refractivity contribution in [3.8, 4) is 11.4 Å². The molecule has 2 aromatic heterocycles. The first-order chi connectivity index (χ1) is 14.0. The predicted molar refractivity (Wildman–Crippen MR) is 111 cm³/mol. The van der Waals surface area contributed by atoms with E-state index >= 15 is 0 Å². The summed E-state index contributed by atoms with van der Waals surface area (Å²) in [5.74, 6) is 0.715. The Morgan fingerprint density at radius 2 is 1.93 bits per heavy atom. The number of ether oxygens (including phenoxy) is 1. The van der Waals surface area contributed by atoms with Crippen molar-refractivity contribution in [2.24, 2.45) is 0 Å². The van der Waals surface area contributed by atoms with Crippen molar-refractivity contribution in [2.75, 3.05) is 6.61 Å². The van der Waals surface area contributed by atoms with Gasteiger partial charge in [-0.15, -0.1) is 0 Å². The van der Waals surface area contributed by atoms with Crippen LogP contribution in [0.4, 0.5) is 0 Å². The summed E-state index contributed by atoms with van der Waals surface area (Å²) in [6.07, 6.45) is 2.47. The number of nitrogens with zero attached hydrogens (tertiary/aromatic N) is 4. The zero-order valence-electron chi connectivity index (χ0n) is 16.3. The molecule has 4 rings (SSSR count). The van der Waals surface area contributed by atoms with Crippen LogP contribution in [0.5, 0.6) is 5.75 Å². The lowest BCUT2D eigenvalue weighted by atomic mass is 10.1. The number of fused-ring (bicyclic) bond motifs is 1. The number of rotatable bonds is 6. The van der Waals surface area contributed by atoms with Crippen LogP contribution in [0.3, 0.4) is 0 Å². The molecule has 2 aromatic carbocycles. The molecule has 148 valence electrons. The van der Waals surface area contributed by atoms with E-state index in [1.165, 1.54) is 4.68 Å². The molecule has 0 amide bonds. The maximum atomic E-state index is 12.7. The van der Waals surface area contributed by atoms with Crippen molar-refractivity contribution in [1.82, 2.24) is 19.6 Å². The average molecular weight is 390 g/mol. The van der Waals surface area contributed by atoms with Crippen molar-refractivity contribution >= 4 is 10.9 Å². The van der Waals surface area contributed by atoms with Gasteiger partial charge in [0.05, 0.1) is 18.4 Å². The highest BCUT2D eigenvalue weighted by atomic mass is 16.5. The molecule has 29 heavy (non-hydrogen) atoms. The molecule has 0 spiro atoms. The highest BCUT2D eigenvalue weighted by Crippen LogP contribution is 2.19. The van der Waals surface area contributed by atoms with Gasteiger partial charge in [0.1, 0.15) is 18.5 Å². The fourth-order valence-electron chi connectivity index (χ4n) is 3.20. The van der Waals surface area contributed by atoms with Crippen molar-refractivity contribution in [3.63, 3.8) is 0 Å². The van der Waals surface area contributed by atoms with Crippen LogP contribution in [0.25, 0.3) is 16.6 Å². The lowest BCUT2D eigenvalue weighted by Gasteiger charge is -2.14. The number of aliphatic hydroxyl groups excluding tert-OH is 1. The van der Waals surface area contributed by atoms with Gasteiger partial charge in [0.25, 0.3) is 5.56 Å². The highest BCUT2D eigenvalue weighted by Gasteiger charge is 2.14. The summed E-state index contributed by atoms with van der Waals surface area (Å²) in [5.41, 5.74) is 2.97. The second-order valence-electron chi connectivity index (χ2n) is 7.08. The van der Waals surface area contributed by atoms with Gasteiger partial charge in [0, 0.05) is 11.6 Å². The van der Waals surface area contributed by atoms with Crippen LogP contribution < -0.4 is 10.3 Å². The Labute approximate surface area is 167 Å². The van der Waals surface area contributed by atoms with E-state index in [0.717, 1.165) is 16.8 Å². The Morgan fingerprint density at radius 1 is 1.14 bits per heavy atom. The zero-order chi connectivity index (χ0) is 20.4. The molecular formula is C22H22N4O3. The van der Waals surface area contributed by atoms with Crippen LogP contribution in [-0.2, 0) is 6.54 Å². The van der Waals surface area contributed by atoms with Gasteiger partial charge in [-0.3, -0.25) is 4.79 Å². The summed E-state index contributed by atoms with van der Waals surface area (Å²) in [6, 6.07) is 15.4. The fourth-order valence-corrected chi connectivity index (χ4v) is 3.20. The van der Waals surface area contributed by atoms with Gasteiger partial charge in [-0.05, 0) is 37.6 Å². The quantitative estimate of drug-likeness (QED) is 0.547. The van der Waals surface area contributed by atoms with Gasteiger partial charge >= 0.3 is 0 Å². The van der Waals surface area contributed by atoms with Gasteiger partial charge in [-0.25, -0.2) is 9.36 Å². The third kappa shape index (κ3) is 4.05. The number of aromatic nitrogens is 4. The smallest absolute Gasteiger partial charge is 0.295 e. The van der Waals surface area contributed by atoms with Crippen LogP contribution in [-0.4, -0.2) is 37.4 Å². The Balaban J connectivity index is 1.50. The van der Waals surface area contributed by atoms with Gasteiger partial charge < -0.3 is 9.84 Å². The summed E-state index contributed by atoms with van der Waals surface area (Å²) in [5, 5.41) is 19.6. The lowest BCUT2D eigenvalue weighted by molar-refractivity contribution is 0.0878. The second kappa shape index (κ2) is 7.89. The van der Waals surface area contributed by atoms with E-state index in [-0.39, 0.29) is 18.7 Å². The average Bonchev–Trinajstić information content (AvgIpc) is 3.15. The lowest BCUT2D eigenvalue weighted by Crippen LogP contribution is -2.32. The molecule has 0 bridgehead atoms. The molecule has 2 heterocycles. The molecule has 0 aliphatic rings. The topological polar surface area (TPSA) is 82.2 Å². The molecule has 0 fully saturated rings. The molecule has 1 unspecified atom stereocenters. The maximum absolute atomic E-state index is 12.7. The minimum atomic E-state index is -0.880. The fraction of sp³-hybridized carbons (Fsp3) is 0.227. The molecule has 0 saturated carbocycles. The van der Waals surface area contributed by atoms with E-state index in [4.69, 9.17) is 4.74 Å². The molecule has 7 nitrogen and oxygen atoms in total. The van der Waals surface area contributed by atoms with E-state index in [1.54, 1.807) is 17.1 Å². The van der Waals surface area contributed by atoms with Crippen molar-refractivity contribution < 1.29 is 9.84 Å². The summed E-state index contributed by atoms with van der Waals surface area (Å²) < 4.78 is 8.58. The molecule has 0 aliphatic carbocycles. The Morgan fingerprint density at radius 3 is 2.69 bits per heavy atom. The maximum Gasteiger partial charge on any atom is 0.295 e. The first-order valence-electron chi connectivity index (χ1n) is 9.40. The third-order valence-corrected chi connectivity index (χ3v) is 4.68. The van der Waals surface area contributed by atoms with Crippen LogP contribution in [0.2, 0.25) is 0 Å². The zero-order valence-corrected chi connectivity index (χ0v) is 16.3. The highest BCUT2D eigenvalue weighted by molar-refractivity contribution is 5.76. The number of aryl methyl sites for hydroxylation is 2. The second-order valence-corrected chi connectivity index (χ2v) is 7.08. The van der Waals surface area contributed by atoms with Gasteiger partial charge in [-0.2, -0.15) is 10.2 Å². The van der Waals surface area contributed by atoms with Crippen molar-refractivity contribution in [1.29, 1.82) is 0 Å². The summed E-state index contributed by atoms with van der Waals surface area (Å²) in [6.45, 7) is 4.06. The molecule has 4 aromatic rings. The summed E-state index contributed by atoms with van der Waals surface area (Å²) >= 11 is 0. The van der Waals surface area contributed by atoms with Gasteiger partial charge in [-0.1, -0.05) is 35.9 Å². The number of hydrogen-bond donors (Lipinski definition) is 1. The number of para-hydroxylation sites is 1. The monoisotopic (exact) mass is 390 g/mol. The third-order valence-electron chi connectivity index (χ3n) is 4.68. The SMILES string of the molecule is Cc1ccc(OCC(O)Cn2ncc3cn(-c4ccccc4)nc3c2=O)c(C)c1. The first-order valence-corrected chi connectivity index (χ1v) is 9.40. The van der Waals surface area contributed by atoms with E-state index in [2.05, 4.69) is 10.2 Å². The molecular weight excluding hydrogens is 368 g/mol. The predicted octanol–water partition coefficient (Wildman–Crippen LogP) is 2.64. The summed E-state index contributed by atoms with van der Waals surface area (Å²) in [4.78, 5) is 12.7. The van der Waals surface area contributed by atoms with Crippen molar-refractivity contribution in [3.05, 3.63) is 82.4 Å². The molecule has 1 atom stereocenters. The number of benzene rings is 2. The minimum absolute atomic E-state index is 0.0257. The molecule has 0 saturated heterocycles. The van der Waals surface area contributed by atoms with Crippen LogP contribution in [0.1, 0.15) is 11.1 Å².